The highest BCUT2D eigenvalue weighted by Gasteiger charge is 2.23. The third kappa shape index (κ3) is 5.08. The standard InChI is InChI=1S/C49H27N5O2S/c1-3-13-28(14-4-1)42-45-43(32-18-8-10-24-40(32)57-45)51-48(50-42)34-20-12-23-39-41(34)33-19-11-21-35(44(33)56-39)49-53-46(29-15-5-2-6-16-29)52-47(54-49)30-25-26-38-36(27-30)31-17-7-9-22-37(31)55-38/h1-27H. The van der Waals surface area contributed by atoms with Crippen LogP contribution in [-0.2, 0) is 0 Å². The van der Waals surface area contributed by atoms with Crippen LogP contribution in [-0.4, -0.2) is 24.9 Å². The SMILES string of the molecule is c1ccc(-c2nc(-c3ccc4oc5ccccc5c4c3)nc(-c3cccc4c3oc3cccc(-c5nc(-c6ccccc6)c6sc7ccccc7c6n5)c34)n2)cc1. The molecule has 0 fully saturated rings. The van der Waals surface area contributed by atoms with Gasteiger partial charge in [0.05, 0.1) is 21.5 Å². The monoisotopic (exact) mass is 749 g/mol. The number of furan rings is 2. The molecule has 0 N–H and O–H groups in total. The van der Waals surface area contributed by atoms with Crippen LogP contribution in [0.4, 0.5) is 0 Å². The average Bonchev–Trinajstić information content (AvgIpc) is 3.98. The molecule has 5 heterocycles. The van der Waals surface area contributed by atoms with E-state index in [1.54, 1.807) is 11.3 Å². The fraction of sp³-hybridized carbons (Fsp3) is 0. The minimum Gasteiger partial charge on any atom is -0.456 e. The maximum Gasteiger partial charge on any atom is 0.167 e. The third-order valence-corrected chi connectivity index (χ3v) is 11.7. The smallest absolute Gasteiger partial charge is 0.167 e. The van der Waals surface area contributed by atoms with E-state index >= 15 is 0 Å². The molecule has 266 valence electrons. The van der Waals surface area contributed by atoms with Gasteiger partial charge in [0.2, 0.25) is 0 Å². The van der Waals surface area contributed by atoms with Gasteiger partial charge in [0.15, 0.2) is 23.3 Å². The molecule has 0 saturated carbocycles. The molecule has 7 nitrogen and oxygen atoms in total. The van der Waals surface area contributed by atoms with E-state index in [1.807, 2.05) is 91.0 Å². The lowest BCUT2D eigenvalue weighted by atomic mass is 10.0. The van der Waals surface area contributed by atoms with Crippen LogP contribution < -0.4 is 0 Å². The van der Waals surface area contributed by atoms with E-state index in [2.05, 4.69) is 72.8 Å². The zero-order valence-corrected chi connectivity index (χ0v) is 30.9. The summed E-state index contributed by atoms with van der Waals surface area (Å²) in [4.78, 5) is 25.8. The van der Waals surface area contributed by atoms with E-state index in [0.717, 1.165) is 87.4 Å². The van der Waals surface area contributed by atoms with E-state index in [0.29, 0.717) is 28.9 Å². The van der Waals surface area contributed by atoms with Gasteiger partial charge < -0.3 is 8.83 Å². The van der Waals surface area contributed by atoms with Gasteiger partial charge in [0.25, 0.3) is 0 Å². The van der Waals surface area contributed by atoms with Crippen molar-refractivity contribution in [2.24, 2.45) is 0 Å². The molecule has 0 spiro atoms. The summed E-state index contributed by atoms with van der Waals surface area (Å²) in [6.45, 7) is 0. The normalized spacial score (nSPS) is 11.9. The molecule has 12 rings (SSSR count). The fourth-order valence-electron chi connectivity index (χ4n) is 7.92. The number of benzene rings is 7. The highest BCUT2D eigenvalue weighted by atomic mass is 32.1. The second kappa shape index (κ2) is 12.5. The maximum atomic E-state index is 6.78. The van der Waals surface area contributed by atoms with E-state index in [1.165, 1.54) is 4.70 Å². The van der Waals surface area contributed by atoms with Gasteiger partial charge in [-0.05, 0) is 42.5 Å². The lowest BCUT2D eigenvalue weighted by molar-refractivity contribution is 0.669. The summed E-state index contributed by atoms with van der Waals surface area (Å²) >= 11 is 1.73. The van der Waals surface area contributed by atoms with Gasteiger partial charge in [-0.25, -0.2) is 24.9 Å². The zero-order valence-electron chi connectivity index (χ0n) is 30.0. The number of rotatable bonds is 5. The first-order chi connectivity index (χ1) is 28.2. The second-order valence-electron chi connectivity index (χ2n) is 14.0. The van der Waals surface area contributed by atoms with Gasteiger partial charge in [0.1, 0.15) is 22.3 Å². The van der Waals surface area contributed by atoms with Crippen molar-refractivity contribution in [2.45, 2.75) is 0 Å². The van der Waals surface area contributed by atoms with E-state index in [9.17, 15) is 0 Å². The van der Waals surface area contributed by atoms with E-state index < -0.39 is 0 Å². The van der Waals surface area contributed by atoms with Crippen LogP contribution in [0.5, 0.6) is 0 Å². The quantitative estimate of drug-likeness (QED) is 0.173. The Kier molecular flexibility index (Phi) is 6.96. The topological polar surface area (TPSA) is 90.7 Å². The van der Waals surface area contributed by atoms with E-state index in [4.69, 9.17) is 33.8 Å². The van der Waals surface area contributed by atoms with Crippen molar-refractivity contribution in [2.75, 3.05) is 0 Å². The maximum absolute atomic E-state index is 6.78. The lowest BCUT2D eigenvalue weighted by Crippen LogP contribution is -2.00. The highest BCUT2D eigenvalue weighted by molar-refractivity contribution is 7.26. The summed E-state index contributed by atoms with van der Waals surface area (Å²) in [6, 6.07) is 55.1. The Balaban J connectivity index is 1.08. The number of hydrogen-bond acceptors (Lipinski definition) is 8. The Morgan fingerprint density at radius 3 is 1.88 bits per heavy atom. The number of para-hydroxylation sites is 2. The van der Waals surface area contributed by atoms with Gasteiger partial charge in [0, 0.05) is 53.9 Å². The van der Waals surface area contributed by atoms with Crippen LogP contribution in [0.1, 0.15) is 0 Å². The molecule has 57 heavy (non-hydrogen) atoms. The van der Waals surface area contributed by atoms with E-state index in [-0.39, 0.29) is 0 Å². The summed E-state index contributed by atoms with van der Waals surface area (Å²) in [5.74, 6) is 2.27. The Morgan fingerprint density at radius 1 is 0.386 bits per heavy atom. The first kappa shape index (κ1) is 31.8. The largest absolute Gasteiger partial charge is 0.456 e. The van der Waals surface area contributed by atoms with Crippen molar-refractivity contribution >= 4 is 75.5 Å². The molecule has 8 heteroatoms. The molecule has 12 aromatic rings. The Hall–Kier alpha value is -7.55. The molecule has 0 aliphatic heterocycles. The molecule has 0 amide bonds. The molecular formula is C49H27N5O2S. The predicted octanol–water partition coefficient (Wildman–Crippen LogP) is 13.2. The molecule has 0 aliphatic carbocycles. The fourth-order valence-corrected chi connectivity index (χ4v) is 9.07. The molecule has 0 bridgehead atoms. The van der Waals surface area contributed by atoms with Gasteiger partial charge >= 0.3 is 0 Å². The zero-order chi connectivity index (χ0) is 37.5. The first-order valence-electron chi connectivity index (χ1n) is 18.7. The summed E-state index contributed by atoms with van der Waals surface area (Å²) in [5.41, 5.74) is 9.35. The number of aromatic nitrogens is 5. The highest BCUT2D eigenvalue weighted by Crippen LogP contribution is 2.43. The molecule has 0 unspecified atom stereocenters. The predicted molar refractivity (Wildman–Crippen MR) is 230 cm³/mol. The first-order valence-corrected chi connectivity index (χ1v) is 19.5. The van der Waals surface area contributed by atoms with Gasteiger partial charge in [-0.15, -0.1) is 11.3 Å². The van der Waals surface area contributed by atoms with Crippen LogP contribution in [0.15, 0.2) is 173 Å². The van der Waals surface area contributed by atoms with Gasteiger partial charge in [-0.1, -0.05) is 121 Å². The number of nitrogens with zero attached hydrogens (tertiary/aromatic N) is 5. The molecule has 0 aliphatic rings. The summed E-state index contributed by atoms with van der Waals surface area (Å²) < 4.78 is 15.2. The Labute approximate surface area is 328 Å². The van der Waals surface area contributed by atoms with Crippen molar-refractivity contribution < 1.29 is 8.83 Å². The van der Waals surface area contributed by atoms with Crippen LogP contribution >= 0.6 is 11.3 Å². The lowest BCUT2D eigenvalue weighted by Gasteiger charge is -2.09. The van der Waals surface area contributed by atoms with Gasteiger partial charge in [-0.2, -0.15) is 0 Å². The summed E-state index contributed by atoms with van der Waals surface area (Å²) in [5, 5.41) is 5.02. The summed E-state index contributed by atoms with van der Waals surface area (Å²) in [6.07, 6.45) is 0. The van der Waals surface area contributed by atoms with Gasteiger partial charge in [-0.3, -0.25) is 0 Å². The number of thiophene rings is 1. The third-order valence-electron chi connectivity index (χ3n) is 10.6. The molecule has 5 aromatic heterocycles. The van der Waals surface area contributed by atoms with Crippen molar-refractivity contribution in [1.82, 2.24) is 24.9 Å². The average molecular weight is 750 g/mol. The minimum atomic E-state index is 0.510. The Bertz CT molecular complexity index is 3540. The molecule has 0 atom stereocenters. The number of fused-ring (bicyclic) bond motifs is 9. The van der Waals surface area contributed by atoms with Crippen molar-refractivity contribution in [3.8, 4) is 56.8 Å². The van der Waals surface area contributed by atoms with Crippen molar-refractivity contribution in [1.29, 1.82) is 0 Å². The number of hydrogen-bond donors (Lipinski definition) is 0. The van der Waals surface area contributed by atoms with Crippen molar-refractivity contribution in [3.63, 3.8) is 0 Å². The Morgan fingerprint density at radius 2 is 1.02 bits per heavy atom. The van der Waals surface area contributed by atoms with Crippen LogP contribution in [0, 0.1) is 0 Å². The molecule has 0 radical (unpaired) electrons. The second-order valence-corrected chi connectivity index (χ2v) is 15.0. The minimum absolute atomic E-state index is 0.510. The van der Waals surface area contributed by atoms with Crippen LogP contribution in [0.2, 0.25) is 0 Å². The molecule has 0 saturated heterocycles. The molecule has 7 aromatic carbocycles. The summed E-state index contributed by atoms with van der Waals surface area (Å²) in [7, 11) is 0. The van der Waals surface area contributed by atoms with Crippen LogP contribution in [0.3, 0.4) is 0 Å². The van der Waals surface area contributed by atoms with Crippen molar-refractivity contribution in [3.05, 3.63) is 164 Å². The van der Waals surface area contributed by atoms with Crippen LogP contribution in [0.25, 0.3) is 121 Å². The molecular weight excluding hydrogens is 723 g/mol.